The molecule has 0 radical (unpaired) electrons. The molecule has 1 saturated heterocycles. The largest absolute Gasteiger partial charge is 0.351 e. The Hall–Kier alpha value is -0.650. The summed E-state index contributed by atoms with van der Waals surface area (Å²) in [5, 5.41) is 3.08. The monoisotopic (exact) mass is 270 g/mol. The third-order valence-corrected chi connectivity index (χ3v) is 3.83. The number of carbonyl (C=O) groups is 1. The number of hydrogen-bond acceptors (Lipinski definition) is 4. The van der Waals surface area contributed by atoms with Crippen LogP contribution in [0, 0.1) is 0 Å². The van der Waals surface area contributed by atoms with Crippen molar-refractivity contribution in [2.45, 2.75) is 45.7 Å². The minimum atomic E-state index is 0.134. The van der Waals surface area contributed by atoms with Gasteiger partial charge in [0, 0.05) is 31.7 Å². The number of likely N-dealkylation sites (tertiary alicyclic amines) is 1. The van der Waals surface area contributed by atoms with Crippen molar-refractivity contribution in [1.29, 1.82) is 0 Å². The molecule has 1 fully saturated rings. The van der Waals surface area contributed by atoms with E-state index in [0.717, 1.165) is 45.6 Å². The zero-order valence-electron chi connectivity index (χ0n) is 12.7. The van der Waals surface area contributed by atoms with Gasteiger partial charge in [0.15, 0.2) is 0 Å². The number of amides is 1. The molecule has 0 aromatic carbocycles. The maximum atomic E-state index is 12.0. The molecule has 3 N–H and O–H groups in total. The van der Waals surface area contributed by atoms with Crippen LogP contribution in [-0.4, -0.2) is 67.1 Å². The van der Waals surface area contributed by atoms with Crippen LogP contribution in [-0.2, 0) is 4.79 Å². The van der Waals surface area contributed by atoms with E-state index < -0.39 is 0 Å². The zero-order valence-corrected chi connectivity index (χ0v) is 12.7. The molecule has 5 heteroatoms. The van der Waals surface area contributed by atoms with E-state index in [2.05, 4.69) is 35.9 Å². The highest BCUT2D eigenvalue weighted by atomic mass is 16.2. The van der Waals surface area contributed by atoms with Gasteiger partial charge in [0.1, 0.15) is 0 Å². The Labute approximate surface area is 117 Å². The van der Waals surface area contributed by atoms with Crippen molar-refractivity contribution in [3.8, 4) is 0 Å². The SMILES string of the molecule is CCN(CC)CC(C)NC(=O)CN1CCC(N)CC1. The molecule has 5 nitrogen and oxygen atoms in total. The van der Waals surface area contributed by atoms with Crippen molar-refractivity contribution < 1.29 is 4.79 Å². The van der Waals surface area contributed by atoms with Crippen LogP contribution in [0.2, 0.25) is 0 Å². The molecule has 0 saturated carbocycles. The lowest BCUT2D eigenvalue weighted by molar-refractivity contribution is -0.123. The molecule has 1 aliphatic rings. The highest BCUT2D eigenvalue weighted by Gasteiger charge is 2.19. The Bertz CT molecular complexity index is 260. The van der Waals surface area contributed by atoms with Crippen molar-refractivity contribution in [3.05, 3.63) is 0 Å². The van der Waals surface area contributed by atoms with E-state index in [9.17, 15) is 4.79 Å². The summed E-state index contributed by atoms with van der Waals surface area (Å²) in [6, 6.07) is 0.528. The van der Waals surface area contributed by atoms with Gasteiger partial charge >= 0.3 is 0 Å². The molecule has 19 heavy (non-hydrogen) atoms. The Morgan fingerprint density at radius 3 is 2.47 bits per heavy atom. The summed E-state index contributed by atoms with van der Waals surface area (Å²) in [6.07, 6.45) is 2.00. The fourth-order valence-electron chi connectivity index (χ4n) is 2.55. The van der Waals surface area contributed by atoms with Gasteiger partial charge in [-0.2, -0.15) is 0 Å². The van der Waals surface area contributed by atoms with E-state index in [0.29, 0.717) is 12.6 Å². The number of nitrogens with one attached hydrogen (secondary N) is 1. The van der Waals surface area contributed by atoms with Crippen LogP contribution in [0.3, 0.4) is 0 Å². The average Bonchev–Trinajstić information content (AvgIpc) is 2.38. The minimum Gasteiger partial charge on any atom is -0.351 e. The minimum absolute atomic E-state index is 0.134. The van der Waals surface area contributed by atoms with E-state index in [1.165, 1.54) is 0 Å². The lowest BCUT2D eigenvalue weighted by Crippen LogP contribution is -2.48. The summed E-state index contributed by atoms with van der Waals surface area (Å²) in [5.74, 6) is 0.134. The molecule has 0 aliphatic carbocycles. The van der Waals surface area contributed by atoms with Gasteiger partial charge in [0.05, 0.1) is 6.54 Å². The van der Waals surface area contributed by atoms with Crippen molar-refractivity contribution >= 4 is 5.91 Å². The van der Waals surface area contributed by atoms with E-state index in [-0.39, 0.29) is 11.9 Å². The fraction of sp³-hybridized carbons (Fsp3) is 0.929. The van der Waals surface area contributed by atoms with Crippen LogP contribution < -0.4 is 11.1 Å². The molecule has 1 unspecified atom stereocenters. The smallest absolute Gasteiger partial charge is 0.234 e. The fourth-order valence-corrected chi connectivity index (χ4v) is 2.55. The number of nitrogens with zero attached hydrogens (tertiary/aromatic N) is 2. The van der Waals surface area contributed by atoms with Crippen molar-refractivity contribution in [3.63, 3.8) is 0 Å². The summed E-state index contributed by atoms with van der Waals surface area (Å²) in [7, 11) is 0. The lowest BCUT2D eigenvalue weighted by Gasteiger charge is -2.30. The lowest BCUT2D eigenvalue weighted by atomic mass is 10.1. The highest BCUT2D eigenvalue weighted by Crippen LogP contribution is 2.07. The van der Waals surface area contributed by atoms with Gasteiger partial charge in [-0.05, 0) is 32.9 Å². The van der Waals surface area contributed by atoms with Crippen LogP contribution in [0.5, 0.6) is 0 Å². The second-order valence-corrected chi connectivity index (χ2v) is 5.57. The number of rotatable bonds is 7. The third-order valence-electron chi connectivity index (χ3n) is 3.83. The number of nitrogens with two attached hydrogens (primary N) is 1. The van der Waals surface area contributed by atoms with Gasteiger partial charge in [0.25, 0.3) is 0 Å². The van der Waals surface area contributed by atoms with Gasteiger partial charge in [-0.3, -0.25) is 9.69 Å². The Balaban J connectivity index is 2.22. The maximum absolute atomic E-state index is 12.0. The van der Waals surface area contributed by atoms with Gasteiger partial charge in [-0.25, -0.2) is 0 Å². The summed E-state index contributed by atoms with van der Waals surface area (Å²) in [4.78, 5) is 16.5. The molecule has 1 rings (SSSR count). The molecule has 0 aromatic heterocycles. The zero-order chi connectivity index (χ0) is 14.3. The summed E-state index contributed by atoms with van der Waals surface area (Å²) < 4.78 is 0. The van der Waals surface area contributed by atoms with Gasteiger partial charge in [0.2, 0.25) is 5.91 Å². The van der Waals surface area contributed by atoms with E-state index in [4.69, 9.17) is 5.73 Å². The molecule has 0 bridgehead atoms. The van der Waals surface area contributed by atoms with E-state index >= 15 is 0 Å². The van der Waals surface area contributed by atoms with Gasteiger partial charge < -0.3 is 16.0 Å². The summed E-state index contributed by atoms with van der Waals surface area (Å²) in [5.41, 5.74) is 5.86. The Kier molecular flexibility index (Phi) is 7.34. The molecule has 1 atom stereocenters. The van der Waals surface area contributed by atoms with Crippen molar-refractivity contribution in [1.82, 2.24) is 15.1 Å². The van der Waals surface area contributed by atoms with Crippen LogP contribution >= 0.6 is 0 Å². The molecule has 0 spiro atoms. The molecule has 0 aromatic rings. The van der Waals surface area contributed by atoms with Crippen LogP contribution in [0.1, 0.15) is 33.6 Å². The van der Waals surface area contributed by atoms with E-state index in [1.807, 2.05) is 0 Å². The third kappa shape index (κ3) is 6.36. The quantitative estimate of drug-likeness (QED) is 0.696. The van der Waals surface area contributed by atoms with Crippen LogP contribution in [0.25, 0.3) is 0 Å². The topological polar surface area (TPSA) is 61.6 Å². The first-order valence-corrected chi connectivity index (χ1v) is 7.54. The standard InChI is InChI=1S/C14H30N4O/c1-4-17(5-2)10-12(3)16-14(19)11-18-8-6-13(15)7-9-18/h12-13H,4-11,15H2,1-3H3,(H,16,19). The average molecular weight is 270 g/mol. The first-order chi connectivity index (χ1) is 9.05. The normalized spacial score (nSPS) is 19.6. The first kappa shape index (κ1) is 16.4. The predicted octanol–water partition coefficient (Wildman–Crippen LogP) is 0.256. The van der Waals surface area contributed by atoms with Crippen LogP contribution in [0.15, 0.2) is 0 Å². The molecular formula is C14H30N4O. The summed E-state index contributed by atoms with van der Waals surface area (Å²) >= 11 is 0. The van der Waals surface area contributed by atoms with Gasteiger partial charge in [-0.15, -0.1) is 0 Å². The van der Waals surface area contributed by atoms with Crippen molar-refractivity contribution in [2.75, 3.05) is 39.3 Å². The highest BCUT2D eigenvalue weighted by molar-refractivity contribution is 5.78. The van der Waals surface area contributed by atoms with Crippen molar-refractivity contribution in [2.24, 2.45) is 5.73 Å². The molecule has 1 heterocycles. The second kappa shape index (κ2) is 8.51. The first-order valence-electron chi connectivity index (χ1n) is 7.54. The Morgan fingerprint density at radius 1 is 1.37 bits per heavy atom. The molecule has 1 amide bonds. The number of hydrogen-bond donors (Lipinski definition) is 2. The molecule has 1 aliphatic heterocycles. The number of likely N-dealkylation sites (N-methyl/N-ethyl adjacent to an activating group) is 1. The van der Waals surface area contributed by atoms with Crippen LogP contribution in [0.4, 0.5) is 0 Å². The molecule has 112 valence electrons. The Morgan fingerprint density at radius 2 is 1.95 bits per heavy atom. The second-order valence-electron chi connectivity index (χ2n) is 5.57. The van der Waals surface area contributed by atoms with E-state index in [1.54, 1.807) is 0 Å². The number of carbonyl (C=O) groups excluding carboxylic acids is 1. The molecular weight excluding hydrogens is 240 g/mol. The maximum Gasteiger partial charge on any atom is 0.234 e. The number of piperidine rings is 1. The summed E-state index contributed by atoms with van der Waals surface area (Å²) in [6.45, 7) is 11.7. The predicted molar refractivity (Wildman–Crippen MR) is 79.0 cm³/mol. The van der Waals surface area contributed by atoms with Gasteiger partial charge in [-0.1, -0.05) is 13.8 Å².